The summed E-state index contributed by atoms with van der Waals surface area (Å²) in [5.74, 6) is 6.48. The number of rotatable bonds is 13. The van der Waals surface area contributed by atoms with E-state index in [1.165, 1.54) is 12.7 Å². The minimum Gasteiger partial charge on any atom is -0.457 e. The van der Waals surface area contributed by atoms with Crippen molar-refractivity contribution in [1.29, 1.82) is 0 Å². The summed E-state index contributed by atoms with van der Waals surface area (Å²) < 4.78 is 28.1. The van der Waals surface area contributed by atoms with E-state index in [9.17, 15) is 0 Å². The molecule has 0 aliphatic carbocycles. The van der Waals surface area contributed by atoms with Crippen molar-refractivity contribution in [2.24, 2.45) is 11.8 Å². The van der Waals surface area contributed by atoms with Gasteiger partial charge in [0.05, 0.1) is 11.0 Å². The van der Waals surface area contributed by atoms with Gasteiger partial charge in [-0.05, 0) is 134 Å². The number of aryl methyl sites for hydroxylation is 4. The molecule has 0 unspecified atom stereocenters. The van der Waals surface area contributed by atoms with Crippen LogP contribution in [0.2, 0.25) is 0 Å². The van der Waals surface area contributed by atoms with E-state index < -0.39 is 0 Å². The Balaban J connectivity index is 1.20. The number of aromatic nitrogens is 6. The molecule has 0 saturated heterocycles. The first-order chi connectivity index (χ1) is 28.5. The average molecular weight is 785 g/mol. The Morgan fingerprint density at radius 3 is 1.37 bits per heavy atom. The molecule has 0 fully saturated rings. The Hall–Kier alpha value is -6.81. The molecule has 10 nitrogen and oxygen atoms in total. The fourth-order valence-corrected chi connectivity index (χ4v) is 7.44. The van der Waals surface area contributed by atoms with Crippen LogP contribution >= 0.6 is 0 Å². The predicted octanol–water partition coefficient (Wildman–Crippen LogP) is 12.6. The molecule has 298 valence electrons. The highest BCUT2D eigenvalue weighted by Gasteiger charge is 2.20. The van der Waals surface area contributed by atoms with Gasteiger partial charge in [0.1, 0.15) is 47.2 Å². The molecule has 59 heavy (non-hydrogen) atoms. The van der Waals surface area contributed by atoms with Crippen LogP contribution in [-0.2, 0) is 12.8 Å². The maximum atomic E-state index is 6.80. The highest BCUT2D eigenvalue weighted by molar-refractivity contribution is 6.09. The Bertz CT molecular complexity index is 2630. The number of benzene rings is 4. The van der Waals surface area contributed by atoms with Gasteiger partial charge in [0.2, 0.25) is 17.7 Å². The van der Waals surface area contributed by atoms with Gasteiger partial charge in [0.15, 0.2) is 0 Å². The molecular formula is C49H48N6O4. The summed E-state index contributed by atoms with van der Waals surface area (Å²) in [7, 11) is 0. The van der Waals surface area contributed by atoms with Crippen LogP contribution in [0.25, 0.3) is 27.8 Å². The van der Waals surface area contributed by atoms with Gasteiger partial charge in [0.25, 0.3) is 0 Å². The van der Waals surface area contributed by atoms with E-state index in [0.717, 1.165) is 79.5 Å². The first-order valence-electron chi connectivity index (χ1n) is 20.0. The molecule has 4 heterocycles. The van der Waals surface area contributed by atoms with E-state index >= 15 is 0 Å². The molecule has 0 N–H and O–H groups in total. The zero-order valence-corrected chi connectivity index (χ0v) is 34.8. The van der Waals surface area contributed by atoms with Gasteiger partial charge in [0, 0.05) is 59.6 Å². The summed E-state index contributed by atoms with van der Waals surface area (Å²) in [4.78, 5) is 22.1. The van der Waals surface area contributed by atoms with Crippen LogP contribution in [0.3, 0.4) is 0 Å². The molecule has 0 atom stereocenters. The van der Waals surface area contributed by atoms with Crippen molar-refractivity contribution >= 4 is 21.8 Å². The Morgan fingerprint density at radius 2 is 0.949 bits per heavy atom. The summed E-state index contributed by atoms with van der Waals surface area (Å²) in [6, 6.07) is 28.0. The SMILES string of the molecule is Cc1ccnc(Oc2cc(C)c(CC(C)C)c(Oc3ccc4c5ccc(Oc6cc(Oc7cc(C)ccn7)cc(C)c6CC(C)C)cc5n(-c5ncncn5)c4c3)c2)c1. The normalized spacial score (nSPS) is 11.5. The number of hydrogen-bond acceptors (Lipinski definition) is 9. The Kier molecular flexibility index (Phi) is 11.0. The standard InChI is InChI=1S/C49H48N6O4/c1-29(2)17-41-33(7)21-37(58-47-19-31(5)13-15-51-47)25-45(41)56-35-9-11-39-40-12-10-36(24-44(40)55(43(39)23-35)49-53-27-50-28-54-49)57-46-26-38(22-34(8)42(46)18-30(3)4)59-48-20-32(6)14-16-52-48/h9-16,19-30H,17-18H2,1-8H3. The van der Waals surface area contributed by atoms with Gasteiger partial charge < -0.3 is 18.9 Å². The van der Waals surface area contributed by atoms with Gasteiger partial charge in [-0.1, -0.05) is 27.7 Å². The number of fused-ring (bicyclic) bond motifs is 3. The van der Waals surface area contributed by atoms with E-state index in [2.05, 4.69) is 78.6 Å². The molecule has 8 aromatic rings. The van der Waals surface area contributed by atoms with E-state index in [0.29, 0.717) is 52.5 Å². The Morgan fingerprint density at radius 1 is 0.492 bits per heavy atom. The van der Waals surface area contributed by atoms with E-state index in [4.69, 9.17) is 18.9 Å². The second-order valence-corrected chi connectivity index (χ2v) is 16.0. The molecule has 0 amide bonds. The highest BCUT2D eigenvalue weighted by atomic mass is 16.5. The molecule has 0 aliphatic heterocycles. The molecule has 0 bridgehead atoms. The third-order valence-electron chi connectivity index (χ3n) is 10.1. The predicted molar refractivity (Wildman–Crippen MR) is 232 cm³/mol. The van der Waals surface area contributed by atoms with Crippen molar-refractivity contribution in [3.05, 3.63) is 143 Å². The van der Waals surface area contributed by atoms with Gasteiger partial charge >= 0.3 is 0 Å². The van der Waals surface area contributed by atoms with Gasteiger partial charge in [-0.25, -0.2) is 24.9 Å². The largest absolute Gasteiger partial charge is 0.457 e. The first kappa shape index (κ1) is 39.0. The summed E-state index contributed by atoms with van der Waals surface area (Å²) in [5.41, 5.74) is 8.31. The van der Waals surface area contributed by atoms with Crippen molar-refractivity contribution in [1.82, 2.24) is 29.5 Å². The van der Waals surface area contributed by atoms with Crippen molar-refractivity contribution in [2.45, 2.75) is 68.2 Å². The molecule has 10 heteroatoms. The highest BCUT2D eigenvalue weighted by Crippen LogP contribution is 2.41. The van der Waals surface area contributed by atoms with E-state index in [1.54, 1.807) is 12.4 Å². The minimum absolute atomic E-state index is 0.414. The molecular weight excluding hydrogens is 737 g/mol. The van der Waals surface area contributed by atoms with Crippen molar-refractivity contribution in [3.8, 4) is 52.2 Å². The second kappa shape index (κ2) is 16.6. The van der Waals surface area contributed by atoms with Crippen LogP contribution in [0.5, 0.6) is 46.3 Å². The number of hydrogen-bond donors (Lipinski definition) is 0. The zero-order valence-electron chi connectivity index (χ0n) is 34.8. The molecule has 0 radical (unpaired) electrons. The van der Waals surface area contributed by atoms with Crippen LogP contribution < -0.4 is 18.9 Å². The fraction of sp³-hybridized carbons (Fsp3) is 0.245. The lowest BCUT2D eigenvalue weighted by Crippen LogP contribution is -2.03. The van der Waals surface area contributed by atoms with Gasteiger partial charge in [-0.15, -0.1) is 0 Å². The summed E-state index contributed by atoms with van der Waals surface area (Å²) >= 11 is 0. The smallest absolute Gasteiger partial charge is 0.237 e. The van der Waals surface area contributed by atoms with Gasteiger partial charge in [-0.3, -0.25) is 4.57 Å². The maximum absolute atomic E-state index is 6.80. The quantitative estimate of drug-likeness (QED) is 0.113. The molecule has 0 aliphatic rings. The fourth-order valence-electron chi connectivity index (χ4n) is 7.44. The lowest BCUT2D eigenvalue weighted by Gasteiger charge is -2.18. The molecule has 0 spiro atoms. The van der Waals surface area contributed by atoms with Crippen LogP contribution in [0.15, 0.2) is 110 Å². The molecule has 8 rings (SSSR count). The van der Waals surface area contributed by atoms with Gasteiger partial charge in [-0.2, -0.15) is 0 Å². The van der Waals surface area contributed by atoms with E-state index in [-0.39, 0.29) is 0 Å². The lowest BCUT2D eigenvalue weighted by molar-refractivity contribution is 0.442. The molecule has 4 aromatic heterocycles. The number of nitrogens with zero attached hydrogens (tertiary/aromatic N) is 6. The third kappa shape index (κ3) is 8.72. The zero-order chi connectivity index (χ0) is 41.2. The van der Waals surface area contributed by atoms with Crippen LogP contribution in [0.4, 0.5) is 0 Å². The molecule has 0 saturated carbocycles. The third-order valence-corrected chi connectivity index (χ3v) is 10.1. The number of pyridine rings is 2. The number of ether oxygens (including phenoxy) is 4. The topological polar surface area (TPSA) is 106 Å². The van der Waals surface area contributed by atoms with Crippen LogP contribution in [0.1, 0.15) is 61.1 Å². The van der Waals surface area contributed by atoms with Crippen molar-refractivity contribution in [3.63, 3.8) is 0 Å². The van der Waals surface area contributed by atoms with Crippen molar-refractivity contribution in [2.75, 3.05) is 0 Å². The maximum Gasteiger partial charge on any atom is 0.237 e. The average Bonchev–Trinajstić information content (AvgIpc) is 3.50. The summed E-state index contributed by atoms with van der Waals surface area (Å²) in [6.45, 7) is 17.1. The van der Waals surface area contributed by atoms with Crippen molar-refractivity contribution < 1.29 is 18.9 Å². The monoisotopic (exact) mass is 784 g/mol. The second-order valence-electron chi connectivity index (χ2n) is 16.0. The van der Waals surface area contributed by atoms with E-state index in [1.807, 2.05) is 91.2 Å². The summed E-state index contributed by atoms with van der Waals surface area (Å²) in [6.07, 6.45) is 8.20. The summed E-state index contributed by atoms with van der Waals surface area (Å²) in [5, 5.41) is 2.02. The van der Waals surface area contributed by atoms with Crippen LogP contribution in [-0.4, -0.2) is 29.5 Å². The lowest BCUT2D eigenvalue weighted by atomic mass is 9.97. The minimum atomic E-state index is 0.414. The van der Waals surface area contributed by atoms with Crippen LogP contribution in [0, 0.1) is 39.5 Å². The molecule has 4 aromatic carbocycles. The Labute approximate surface area is 344 Å². The first-order valence-corrected chi connectivity index (χ1v) is 20.0.